The third-order valence-corrected chi connectivity index (χ3v) is 3.33. The van der Waals surface area contributed by atoms with Crippen LogP contribution in [0.4, 0.5) is 11.4 Å². The van der Waals surface area contributed by atoms with Crippen molar-refractivity contribution in [1.29, 1.82) is 0 Å². The van der Waals surface area contributed by atoms with Gasteiger partial charge in [0.15, 0.2) is 11.5 Å². The van der Waals surface area contributed by atoms with Gasteiger partial charge in [0.1, 0.15) is 6.33 Å². The van der Waals surface area contributed by atoms with Gasteiger partial charge in [0.2, 0.25) is 0 Å². The zero-order valence-corrected chi connectivity index (χ0v) is 12.6. The summed E-state index contributed by atoms with van der Waals surface area (Å²) in [5.41, 5.74) is 1.06. The van der Waals surface area contributed by atoms with Crippen LogP contribution in [-0.2, 0) is 0 Å². The summed E-state index contributed by atoms with van der Waals surface area (Å²) in [6.07, 6.45) is 4.87. The number of carbonyl (C=O) groups excluding carboxylic acids is 1. The second-order valence-corrected chi connectivity index (χ2v) is 4.96. The van der Waals surface area contributed by atoms with Gasteiger partial charge < -0.3 is 5.32 Å². The molecule has 0 aliphatic heterocycles. The standard InChI is InChI=1S/C15H12N6O3/c1-10-2-3-11(21(23)24)8-13(10)17-15(22)12-4-5-14(19-18-12)20-7-6-16-9-20/h2-9H,1H3,(H,17,22). The van der Waals surface area contributed by atoms with E-state index >= 15 is 0 Å². The van der Waals surface area contributed by atoms with E-state index in [9.17, 15) is 14.9 Å². The molecule has 0 fully saturated rings. The van der Waals surface area contributed by atoms with Gasteiger partial charge in [-0.05, 0) is 24.6 Å². The monoisotopic (exact) mass is 324 g/mol. The molecular weight excluding hydrogens is 312 g/mol. The molecule has 3 rings (SSSR count). The molecule has 9 heteroatoms. The topological polar surface area (TPSA) is 116 Å². The summed E-state index contributed by atoms with van der Waals surface area (Å²) in [7, 11) is 0. The van der Waals surface area contributed by atoms with Crippen LogP contribution in [0.25, 0.3) is 5.82 Å². The van der Waals surface area contributed by atoms with Gasteiger partial charge in [-0.2, -0.15) is 0 Å². The molecular formula is C15H12N6O3. The maximum Gasteiger partial charge on any atom is 0.276 e. The van der Waals surface area contributed by atoms with Crippen LogP contribution in [0, 0.1) is 17.0 Å². The van der Waals surface area contributed by atoms with Gasteiger partial charge in [-0.3, -0.25) is 19.5 Å². The lowest BCUT2D eigenvalue weighted by molar-refractivity contribution is -0.384. The average molecular weight is 324 g/mol. The van der Waals surface area contributed by atoms with Crippen molar-refractivity contribution < 1.29 is 9.72 Å². The molecule has 120 valence electrons. The molecule has 0 saturated carbocycles. The Kier molecular flexibility index (Phi) is 3.98. The van der Waals surface area contributed by atoms with Crippen molar-refractivity contribution in [2.24, 2.45) is 0 Å². The number of nitro benzene ring substituents is 1. The molecule has 2 aromatic heterocycles. The second-order valence-electron chi connectivity index (χ2n) is 4.96. The van der Waals surface area contributed by atoms with Crippen molar-refractivity contribution in [2.75, 3.05) is 5.32 Å². The lowest BCUT2D eigenvalue weighted by Crippen LogP contribution is -2.15. The third-order valence-electron chi connectivity index (χ3n) is 3.33. The van der Waals surface area contributed by atoms with Crippen LogP contribution in [0.15, 0.2) is 49.1 Å². The summed E-state index contributed by atoms with van der Waals surface area (Å²) in [5, 5.41) is 21.3. The summed E-state index contributed by atoms with van der Waals surface area (Å²) in [4.78, 5) is 26.5. The van der Waals surface area contributed by atoms with E-state index in [0.29, 0.717) is 17.1 Å². The Morgan fingerprint density at radius 2 is 2.08 bits per heavy atom. The normalized spacial score (nSPS) is 10.4. The number of nitrogens with zero attached hydrogens (tertiary/aromatic N) is 5. The number of carbonyl (C=O) groups is 1. The first-order valence-electron chi connectivity index (χ1n) is 6.93. The zero-order valence-electron chi connectivity index (χ0n) is 12.6. The summed E-state index contributed by atoms with van der Waals surface area (Å²) in [6.45, 7) is 1.74. The number of anilines is 1. The minimum atomic E-state index is -0.519. The fourth-order valence-electron chi connectivity index (χ4n) is 2.02. The van der Waals surface area contributed by atoms with E-state index < -0.39 is 10.8 Å². The Morgan fingerprint density at radius 1 is 1.25 bits per heavy atom. The smallest absolute Gasteiger partial charge is 0.276 e. The van der Waals surface area contributed by atoms with E-state index in [2.05, 4.69) is 20.5 Å². The molecule has 0 radical (unpaired) electrons. The fourth-order valence-corrected chi connectivity index (χ4v) is 2.02. The lowest BCUT2D eigenvalue weighted by atomic mass is 10.1. The number of benzene rings is 1. The van der Waals surface area contributed by atoms with E-state index in [1.807, 2.05) is 0 Å². The highest BCUT2D eigenvalue weighted by Gasteiger charge is 2.14. The van der Waals surface area contributed by atoms with E-state index in [-0.39, 0.29) is 11.4 Å². The van der Waals surface area contributed by atoms with Crippen LogP contribution >= 0.6 is 0 Å². The van der Waals surface area contributed by atoms with Crippen molar-refractivity contribution in [3.05, 3.63) is 70.4 Å². The summed E-state index contributed by atoms with van der Waals surface area (Å²) < 4.78 is 1.65. The van der Waals surface area contributed by atoms with Gasteiger partial charge in [0.05, 0.1) is 10.6 Å². The predicted octanol–water partition coefficient (Wildman–Crippen LogP) is 2.13. The molecule has 0 aliphatic rings. The van der Waals surface area contributed by atoms with Gasteiger partial charge in [0, 0.05) is 24.5 Å². The number of aryl methyl sites for hydroxylation is 1. The minimum Gasteiger partial charge on any atom is -0.320 e. The molecule has 9 nitrogen and oxygen atoms in total. The SMILES string of the molecule is Cc1ccc([N+](=O)[O-])cc1NC(=O)c1ccc(-n2ccnc2)nn1. The van der Waals surface area contributed by atoms with Crippen LogP contribution in [0.3, 0.4) is 0 Å². The summed E-state index contributed by atoms with van der Waals surface area (Å²) in [5.74, 6) is 0.0267. The molecule has 0 aliphatic carbocycles. The van der Waals surface area contributed by atoms with Crippen molar-refractivity contribution in [2.45, 2.75) is 6.92 Å². The van der Waals surface area contributed by atoms with Gasteiger partial charge in [-0.1, -0.05) is 6.07 Å². The molecule has 24 heavy (non-hydrogen) atoms. The number of imidazole rings is 1. The zero-order chi connectivity index (χ0) is 17.1. The predicted molar refractivity (Wildman–Crippen MR) is 84.9 cm³/mol. The van der Waals surface area contributed by atoms with Gasteiger partial charge in [-0.25, -0.2) is 4.98 Å². The Labute approximate surface area is 136 Å². The Hall–Kier alpha value is -3.62. The highest BCUT2D eigenvalue weighted by Crippen LogP contribution is 2.22. The van der Waals surface area contributed by atoms with Crippen LogP contribution in [-0.4, -0.2) is 30.6 Å². The molecule has 0 spiro atoms. The first-order chi connectivity index (χ1) is 11.5. The number of non-ortho nitro benzene ring substituents is 1. The van der Waals surface area contributed by atoms with Crippen LogP contribution in [0.2, 0.25) is 0 Å². The maximum absolute atomic E-state index is 12.2. The maximum atomic E-state index is 12.2. The Morgan fingerprint density at radius 3 is 2.71 bits per heavy atom. The number of hydrogen-bond donors (Lipinski definition) is 1. The number of rotatable bonds is 4. The van der Waals surface area contributed by atoms with E-state index in [1.54, 1.807) is 42.3 Å². The van der Waals surface area contributed by atoms with Crippen molar-refractivity contribution >= 4 is 17.3 Å². The van der Waals surface area contributed by atoms with E-state index in [0.717, 1.165) is 0 Å². The number of hydrogen-bond acceptors (Lipinski definition) is 6. The van der Waals surface area contributed by atoms with Crippen LogP contribution in [0.1, 0.15) is 16.1 Å². The molecule has 1 amide bonds. The number of nitro groups is 1. The molecule has 0 saturated heterocycles. The molecule has 1 aromatic carbocycles. The largest absolute Gasteiger partial charge is 0.320 e. The lowest BCUT2D eigenvalue weighted by Gasteiger charge is -2.08. The fraction of sp³-hybridized carbons (Fsp3) is 0.0667. The van der Waals surface area contributed by atoms with Crippen molar-refractivity contribution in [3.8, 4) is 5.82 Å². The number of nitrogens with one attached hydrogen (secondary N) is 1. The average Bonchev–Trinajstić information content (AvgIpc) is 3.11. The van der Waals surface area contributed by atoms with E-state index in [4.69, 9.17) is 0 Å². The molecule has 0 unspecified atom stereocenters. The Bertz CT molecular complexity index is 890. The Balaban J connectivity index is 1.80. The van der Waals surface area contributed by atoms with Crippen LogP contribution in [0.5, 0.6) is 0 Å². The quantitative estimate of drug-likeness (QED) is 0.580. The number of amides is 1. The second kappa shape index (κ2) is 6.24. The molecule has 1 N–H and O–H groups in total. The highest BCUT2D eigenvalue weighted by molar-refractivity contribution is 6.03. The minimum absolute atomic E-state index is 0.0996. The van der Waals surface area contributed by atoms with Crippen molar-refractivity contribution in [3.63, 3.8) is 0 Å². The molecule has 3 aromatic rings. The van der Waals surface area contributed by atoms with Gasteiger partial charge in [0.25, 0.3) is 11.6 Å². The van der Waals surface area contributed by atoms with Crippen molar-refractivity contribution in [1.82, 2.24) is 19.7 Å². The first-order valence-corrected chi connectivity index (χ1v) is 6.93. The third kappa shape index (κ3) is 3.09. The van der Waals surface area contributed by atoms with Gasteiger partial charge in [-0.15, -0.1) is 10.2 Å². The first kappa shape index (κ1) is 15.3. The molecule has 0 atom stereocenters. The summed E-state index contributed by atoms with van der Waals surface area (Å²) >= 11 is 0. The summed E-state index contributed by atoms with van der Waals surface area (Å²) in [6, 6.07) is 7.40. The molecule has 2 heterocycles. The number of aromatic nitrogens is 4. The molecule has 0 bridgehead atoms. The van der Waals surface area contributed by atoms with E-state index in [1.165, 1.54) is 18.2 Å². The highest BCUT2D eigenvalue weighted by atomic mass is 16.6. The van der Waals surface area contributed by atoms with Crippen LogP contribution < -0.4 is 5.32 Å². The van der Waals surface area contributed by atoms with Gasteiger partial charge >= 0.3 is 0 Å².